The zero-order chi connectivity index (χ0) is 13.7. The number of nitrogens with zero attached hydrogens (tertiary/aromatic N) is 2. The molecule has 0 unspecified atom stereocenters. The van der Waals surface area contributed by atoms with E-state index in [0.717, 1.165) is 0 Å². The van der Waals surface area contributed by atoms with Gasteiger partial charge in [0.15, 0.2) is 0 Å². The number of hydrazine groups is 1. The second-order valence-corrected chi connectivity index (χ2v) is 3.67. The molecular weight excluding hydrogens is 238 g/mol. The lowest BCUT2D eigenvalue weighted by atomic mass is 10.2. The van der Waals surface area contributed by atoms with Crippen LogP contribution in [0.15, 0.2) is 18.2 Å². The maximum absolute atomic E-state index is 11.2. The van der Waals surface area contributed by atoms with Gasteiger partial charge in [0.05, 0.1) is 17.2 Å². The lowest BCUT2D eigenvalue weighted by molar-refractivity contribution is -0.384. The van der Waals surface area contributed by atoms with Crippen LogP contribution in [0, 0.1) is 10.1 Å². The Morgan fingerprint density at radius 1 is 1.50 bits per heavy atom. The molecule has 0 aliphatic heterocycles. The molecule has 0 saturated carbocycles. The van der Waals surface area contributed by atoms with Crippen LogP contribution in [0.1, 0.15) is 0 Å². The fourth-order valence-electron chi connectivity index (χ4n) is 1.39. The predicted molar refractivity (Wildman–Crippen MR) is 68.2 cm³/mol. The molecule has 0 aromatic heterocycles. The number of nitrogens with one attached hydrogen (secondary N) is 2. The van der Waals surface area contributed by atoms with Crippen LogP contribution in [0.5, 0.6) is 0 Å². The highest BCUT2D eigenvalue weighted by molar-refractivity contribution is 5.81. The molecule has 8 heteroatoms. The smallest absolute Gasteiger partial charge is 0.273 e. The van der Waals surface area contributed by atoms with Crippen molar-refractivity contribution in [3.63, 3.8) is 0 Å². The molecule has 18 heavy (non-hydrogen) atoms. The van der Waals surface area contributed by atoms with Gasteiger partial charge in [-0.1, -0.05) is 0 Å². The van der Waals surface area contributed by atoms with E-state index in [-0.39, 0.29) is 18.1 Å². The van der Waals surface area contributed by atoms with Gasteiger partial charge in [-0.3, -0.25) is 20.8 Å². The molecule has 0 heterocycles. The Bertz CT molecular complexity index is 463. The number of rotatable bonds is 5. The van der Waals surface area contributed by atoms with Crippen LogP contribution in [0.3, 0.4) is 0 Å². The van der Waals surface area contributed by atoms with Crippen molar-refractivity contribution >= 4 is 23.0 Å². The maximum Gasteiger partial charge on any atom is 0.273 e. The predicted octanol–water partition coefficient (Wildman–Crippen LogP) is 0.0626. The molecule has 0 spiro atoms. The number of benzene rings is 1. The molecular formula is C10H15N5O3. The van der Waals surface area contributed by atoms with Crippen molar-refractivity contribution in [3.8, 4) is 0 Å². The zero-order valence-corrected chi connectivity index (χ0v) is 10.1. The molecule has 0 fully saturated rings. The van der Waals surface area contributed by atoms with Gasteiger partial charge < -0.3 is 15.6 Å². The van der Waals surface area contributed by atoms with E-state index in [2.05, 4.69) is 10.7 Å². The molecule has 0 bridgehead atoms. The lowest BCUT2D eigenvalue weighted by Crippen LogP contribution is -2.33. The fourth-order valence-corrected chi connectivity index (χ4v) is 1.39. The number of nitrogen functional groups attached to an aromatic ring is 1. The van der Waals surface area contributed by atoms with Gasteiger partial charge in [0, 0.05) is 31.9 Å². The van der Waals surface area contributed by atoms with E-state index in [1.807, 2.05) is 0 Å². The molecule has 0 aliphatic carbocycles. The van der Waals surface area contributed by atoms with E-state index in [1.54, 1.807) is 18.0 Å². The molecule has 8 nitrogen and oxygen atoms in total. The molecule has 0 saturated heterocycles. The Kier molecular flexibility index (Phi) is 4.44. The van der Waals surface area contributed by atoms with Gasteiger partial charge in [0.2, 0.25) is 5.91 Å². The van der Waals surface area contributed by atoms with E-state index in [4.69, 9.17) is 5.84 Å². The normalized spacial score (nSPS) is 9.72. The van der Waals surface area contributed by atoms with Gasteiger partial charge in [0.25, 0.3) is 5.69 Å². The van der Waals surface area contributed by atoms with Crippen LogP contribution in [0.4, 0.5) is 17.1 Å². The lowest BCUT2D eigenvalue weighted by Gasteiger charge is -2.18. The third-order valence-electron chi connectivity index (χ3n) is 2.38. The molecule has 98 valence electrons. The second kappa shape index (κ2) is 5.82. The van der Waals surface area contributed by atoms with Crippen molar-refractivity contribution in [2.75, 3.05) is 31.0 Å². The number of anilines is 2. The Morgan fingerprint density at radius 3 is 2.67 bits per heavy atom. The van der Waals surface area contributed by atoms with Gasteiger partial charge in [-0.05, 0) is 6.07 Å². The van der Waals surface area contributed by atoms with Crippen molar-refractivity contribution in [2.24, 2.45) is 5.84 Å². The molecule has 0 atom stereocenters. The summed E-state index contributed by atoms with van der Waals surface area (Å²) in [6.45, 7) is 0.0989. The highest BCUT2D eigenvalue weighted by Gasteiger charge is 2.13. The van der Waals surface area contributed by atoms with E-state index in [9.17, 15) is 14.9 Å². The number of hydrogen-bond acceptors (Lipinski definition) is 6. The number of carbonyl (C=O) groups is 1. The van der Waals surface area contributed by atoms with Crippen molar-refractivity contribution in [3.05, 3.63) is 28.3 Å². The molecule has 4 N–H and O–H groups in total. The summed E-state index contributed by atoms with van der Waals surface area (Å²) in [6, 6.07) is 4.32. The number of amides is 1. The van der Waals surface area contributed by atoms with Crippen molar-refractivity contribution in [1.29, 1.82) is 0 Å². The van der Waals surface area contributed by atoms with Crippen LogP contribution >= 0.6 is 0 Å². The minimum Gasteiger partial charge on any atom is -0.365 e. The van der Waals surface area contributed by atoms with Gasteiger partial charge in [-0.15, -0.1) is 0 Å². The molecule has 1 amide bonds. The van der Waals surface area contributed by atoms with Crippen LogP contribution in [0.2, 0.25) is 0 Å². The number of hydrogen-bond donors (Lipinski definition) is 3. The second-order valence-electron chi connectivity index (χ2n) is 3.67. The van der Waals surface area contributed by atoms with Gasteiger partial charge >= 0.3 is 0 Å². The first kappa shape index (κ1) is 13.7. The summed E-state index contributed by atoms with van der Waals surface area (Å²) in [7, 11) is 3.19. The van der Waals surface area contributed by atoms with E-state index in [1.165, 1.54) is 19.2 Å². The minimum atomic E-state index is -0.516. The highest BCUT2D eigenvalue weighted by Crippen LogP contribution is 2.25. The Hall–Kier alpha value is -2.35. The van der Waals surface area contributed by atoms with Crippen LogP contribution in [0.25, 0.3) is 0 Å². The number of nitro groups is 1. The summed E-state index contributed by atoms with van der Waals surface area (Å²) < 4.78 is 0. The largest absolute Gasteiger partial charge is 0.365 e. The third kappa shape index (κ3) is 3.32. The molecule has 1 aromatic rings. The summed E-state index contributed by atoms with van der Waals surface area (Å²) in [5.74, 6) is 5.06. The quantitative estimate of drug-likeness (QED) is 0.388. The number of likely N-dealkylation sites (N-methyl/N-ethyl adjacent to an activating group) is 2. The molecule has 1 rings (SSSR count). The third-order valence-corrected chi connectivity index (χ3v) is 2.38. The topological polar surface area (TPSA) is 114 Å². The van der Waals surface area contributed by atoms with Gasteiger partial charge in [-0.25, -0.2) is 0 Å². The van der Waals surface area contributed by atoms with Crippen molar-refractivity contribution in [1.82, 2.24) is 5.32 Å². The van der Waals surface area contributed by atoms with Crippen LogP contribution in [-0.2, 0) is 4.79 Å². The number of non-ortho nitro benzene ring substituents is 1. The average Bonchev–Trinajstić information content (AvgIpc) is 2.37. The summed E-state index contributed by atoms with van der Waals surface area (Å²) >= 11 is 0. The Labute approximate surface area is 104 Å². The number of nitro benzene ring substituents is 1. The van der Waals surface area contributed by atoms with E-state index < -0.39 is 4.92 Å². The van der Waals surface area contributed by atoms with E-state index in [0.29, 0.717) is 11.4 Å². The van der Waals surface area contributed by atoms with Gasteiger partial charge in [0.1, 0.15) is 0 Å². The first-order valence-electron chi connectivity index (χ1n) is 5.15. The van der Waals surface area contributed by atoms with Crippen molar-refractivity contribution in [2.45, 2.75) is 0 Å². The summed E-state index contributed by atoms with van der Waals surface area (Å²) in [6.07, 6.45) is 0. The average molecular weight is 253 g/mol. The zero-order valence-electron chi connectivity index (χ0n) is 10.1. The first-order valence-corrected chi connectivity index (χ1v) is 5.15. The fraction of sp³-hybridized carbons (Fsp3) is 0.300. The van der Waals surface area contributed by atoms with Crippen molar-refractivity contribution < 1.29 is 9.72 Å². The SMILES string of the molecule is CNC(=O)CN(C)c1cc(NN)cc([N+](=O)[O-])c1. The monoisotopic (exact) mass is 253 g/mol. The number of carbonyl (C=O) groups excluding carboxylic acids is 1. The number of nitrogens with two attached hydrogens (primary N) is 1. The molecule has 0 aliphatic rings. The van der Waals surface area contributed by atoms with E-state index >= 15 is 0 Å². The molecule has 1 aromatic carbocycles. The maximum atomic E-state index is 11.2. The summed E-state index contributed by atoms with van der Waals surface area (Å²) in [5.41, 5.74) is 3.19. The summed E-state index contributed by atoms with van der Waals surface area (Å²) in [5, 5.41) is 13.2. The van der Waals surface area contributed by atoms with Gasteiger partial charge in [-0.2, -0.15) is 0 Å². The highest BCUT2D eigenvalue weighted by atomic mass is 16.6. The summed E-state index contributed by atoms with van der Waals surface area (Å²) in [4.78, 5) is 23.1. The Morgan fingerprint density at radius 2 is 2.17 bits per heavy atom. The molecule has 0 radical (unpaired) electrons. The van der Waals surface area contributed by atoms with Crippen LogP contribution in [-0.4, -0.2) is 31.5 Å². The first-order chi connectivity index (χ1) is 8.47. The Balaban J connectivity index is 3.03. The standard InChI is InChI=1S/C10H15N5O3/c1-12-10(16)6-14(2)8-3-7(13-11)4-9(5-8)15(17)18/h3-5,13H,6,11H2,1-2H3,(H,12,16). The minimum absolute atomic E-state index is 0.0933. The van der Waals surface area contributed by atoms with Crippen LogP contribution < -0.4 is 21.5 Å².